The maximum absolute atomic E-state index is 13.8. The van der Waals surface area contributed by atoms with Gasteiger partial charge in [0.2, 0.25) is 12.7 Å². The quantitative estimate of drug-likeness (QED) is 0.678. The number of ketones is 1. The SMILES string of the molecule is CC(C)CC(=O)N1c2ccccc2NC2=CC(C)(C)CC(=O)C2C1c1ccc2c(c1)OCO2. The largest absolute Gasteiger partial charge is 0.454 e. The fraction of sp³-hybridized carbons (Fsp3) is 0.407. The Morgan fingerprint density at radius 2 is 1.91 bits per heavy atom. The van der Waals surface area contributed by atoms with E-state index in [-0.39, 0.29) is 29.8 Å². The van der Waals surface area contributed by atoms with Crippen molar-refractivity contribution in [2.45, 2.75) is 46.6 Å². The van der Waals surface area contributed by atoms with Gasteiger partial charge in [-0.05, 0) is 41.2 Å². The highest BCUT2D eigenvalue weighted by Gasteiger charge is 2.46. The highest BCUT2D eigenvalue weighted by Crippen LogP contribution is 2.50. The van der Waals surface area contributed by atoms with Crippen LogP contribution in [0.4, 0.5) is 11.4 Å². The second kappa shape index (κ2) is 7.94. The van der Waals surface area contributed by atoms with Gasteiger partial charge >= 0.3 is 0 Å². The number of amides is 1. The molecule has 0 bridgehead atoms. The third-order valence-electron chi connectivity index (χ3n) is 6.48. The van der Waals surface area contributed by atoms with Gasteiger partial charge < -0.3 is 19.7 Å². The average molecular weight is 447 g/mol. The van der Waals surface area contributed by atoms with Crippen molar-refractivity contribution in [2.24, 2.45) is 17.3 Å². The summed E-state index contributed by atoms with van der Waals surface area (Å²) >= 11 is 0. The lowest BCUT2D eigenvalue weighted by atomic mass is 9.72. The molecule has 172 valence electrons. The van der Waals surface area contributed by atoms with Crippen molar-refractivity contribution in [2.75, 3.05) is 17.0 Å². The number of nitrogens with one attached hydrogen (secondary N) is 1. The Balaban J connectivity index is 1.74. The number of carbonyl (C=O) groups excluding carboxylic acids is 2. The van der Waals surface area contributed by atoms with E-state index in [0.717, 1.165) is 22.6 Å². The van der Waals surface area contributed by atoms with Crippen LogP contribution in [0.25, 0.3) is 0 Å². The van der Waals surface area contributed by atoms with Crippen LogP contribution >= 0.6 is 0 Å². The minimum absolute atomic E-state index is 0.000741. The van der Waals surface area contributed by atoms with E-state index >= 15 is 0 Å². The predicted octanol–water partition coefficient (Wildman–Crippen LogP) is 5.46. The first-order valence-electron chi connectivity index (χ1n) is 11.6. The molecule has 6 heteroatoms. The van der Waals surface area contributed by atoms with Crippen molar-refractivity contribution in [1.82, 2.24) is 0 Å². The molecule has 6 nitrogen and oxygen atoms in total. The van der Waals surface area contributed by atoms with Gasteiger partial charge in [0.25, 0.3) is 0 Å². The van der Waals surface area contributed by atoms with Crippen LogP contribution in [0, 0.1) is 17.3 Å². The molecule has 1 amide bonds. The van der Waals surface area contributed by atoms with Crippen LogP contribution in [-0.4, -0.2) is 18.5 Å². The summed E-state index contributed by atoms with van der Waals surface area (Å²) in [5.74, 6) is 1.14. The van der Waals surface area contributed by atoms with Gasteiger partial charge in [0, 0.05) is 18.5 Å². The van der Waals surface area contributed by atoms with E-state index in [2.05, 4.69) is 25.2 Å². The zero-order valence-electron chi connectivity index (χ0n) is 19.6. The van der Waals surface area contributed by atoms with Crippen LogP contribution in [0.1, 0.15) is 52.1 Å². The highest BCUT2D eigenvalue weighted by molar-refractivity contribution is 6.01. The summed E-state index contributed by atoms with van der Waals surface area (Å²) in [6.45, 7) is 8.39. The lowest BCUT2D eigenvalue weighted by Gasteiger charge is -2.39. The standard InChI is InChI=1S/C27H30N2O4/c1-16(2)11-24(31)29-20-8-6-5-7-18(20)28-19-13-27(3,4)14-21(30)25(19)26(29)17-9-10-22-23(12-17)33-15-32-22/h5-10,12-13,16,25-26,28H,11,14-15H2,1-4H3. The maximum atomic E-state index is 13.8. The van der Waals surface area contributed by atoms with Crippen molar-refractivity contribution in [3.8, 4) is 11.5 Å². The molecule has 3 aliphatic rings. The van der Waals surface area contributed by atoms with Crippen molar-refractivity contribution < 1.29 is 19.1 Å². The Hall–Kier alpha value is -3.28. The van der Waals surface area contributed by atoms with Crippen molar-refractivity contribution in [3.63, 3.8) is 0 Å². The number of Topliss-reactive ketones (excluding diaryl/α,β-unsaturated/α-hetero) is 1. The molecule has 5 rings (SSSR count). The number of ether oxygens (including phenoxy) is 2. The number of para-hydroxylation sites is 2. The number of hydrogen-bond donors (Lipinski definition) is 1. The lowest BCUT2D eigenvalue weighted by Crippen LogP contribution is -2.43. The zero-order chi connectivity index (χ0) is 23.3. The minimum Gasteiger partial charge on any atom is -0.454 e. The van der Waals surface area contributed by atoms with Crippen molar-refractivity contribution >= 4 is 23.1 Å². The van der Waals surface area contributed by atoms with Gasteiger partial charge in [-0.2, -0.15) is 0 Å². The number of carbonyl (C=O) groups is 2. The number of benzene rings is 2. The van der Waals surface area contributed by atoms with E-state index in [1.54, 1.807) is 0 Å². The summed E-state index contributed by atoms with van der Waals surface area (Å²) in [4.78, 5) is 29.3. The van der Waals surface area contributed by atoms with E-state index in [1.165, 1.54) is 0 Å². The molecule has 1 N–H and O–H groups in total. The van der Waals surface area contributed by atoms with Crippen molar-refractivity contribution in [3.05, 3.63) is 59.8 Å². The zero-order valence-corrected chi connectivity index (χ0v) is 19.6. The minimum atomic E-state index is -0.498. The van der Waals surface area contributed by atoms with Gasteiger partial charge in [0.05, 0.1) is 23.3 Å². The van der Waals surface area contributed by atoms with Gasteiger partial charge in [-0.3, -0.25) is 9.59 Å². The second-order valence-corrected chi connectivity index (χ2v) is 10.3. The fourth-order valence-corrected chi connectivity index (χ4v) is 5.17. The third-order valence-corrected chi connectivity index (χ3v) is 6.48. The number of anilines is 2. The molecule has 2 aromatic carbocycles. The Morgan fingerprint density at radius 1 is 1.15 bits per heavy atom. The molecule has 0 fully saturated rings. The van der Waals surface area contributed by atoms with E-state index in [0.29, 0.717) is 24.3 Å². The van der Waals surface area contributed by atoms with E-state index in [9.17, 15) is 9.59 Å². The van der Waals surface area contributed by atoms with Gasteiger partial charge in [-0.25, -0.2) is 0 Å². The molecule has 0 spiro atoms. The summed E-state index contributed by atoms with van der Waals surface area (Å²) in [6, 6.07) is 13.1. The predicted molar refractivity (Wildman–Crippen MR) is 127 cm³/mol. The Bertz CT molecular complexity index is 1150. The van der Waals surface area contributed by atoms with E-state index < -0.39 is 12.0 Å². The molecule has 0 saturated carbocycles. The van der Waals surface area contributed by atoms with Crippen LogP contribution in [0.2, 0.25) is 0 Å². The molecule has 0 saturated heterocycles. The van der Waals surface area contributed by atoms with E-state index in [1.807, 2.05) is 61.2 Å². The monoisotopic (exact) mass is 446 g/mol. The molecule has 2 aromatic rings. The van der Waals surface area contributed by atoms with Crippen LogP contribution < -0.4 is 19.7 Å². The molecule has 33 heavy (non-hydrogen) atoms. The Kier molecular flexibility index (Phi) is 5.19. The smallest absolute Gasteiger partial charge is 0.231 e. The number of hydrogen-bond acceptors (Lipinski definition) is 5. The number of nitrogens with zero attached hydrogens (tertiary/aromatic N) is 1. The Labute approximate surface area is 194 Å². The van der Waals surface area contributed by atoms with Crippen LogP contribution in [0.15, 0.2) is 54.2 Å². The van der Waals surface area contributed by atoms with Gasteiger partial charge in [0.1, 0.15) is 5.78 Å². The first-order chi connectivity index (χ1) is 15.7. The van der Waals surface area contributed by atoms with Gasteiger partial charge in [-0.1, -0.05) is 52.0 Å². The first-order valence-corrected chi connectivity index (χ1v) is 11.6. The van der Waals surface area contributed by atoms with Crippen molar-refractivity contribution in [1.29, 1.82) is 0 Å². The lowest BCUT2D eigenvalue weighted by molar-refractivity contribution is -0.125. The molecule has 2 heterocycles. The second-order valence-electron chi connectivity index (χ2n) is 10.3. The summed E-state index contributed by atoms with van der Waals surface area (Å²) in [6.07, 6.45) is 2.97. The third kappa shape index (κ3) is 3.88. The topological polar surface area (TPSA) is 67.9 Å². The summed E-state index contributed by atoms with van der Waals surface area (Å²) in [5.41, 5.74) is 3.07. The van der Waals surface area contributed by atoms with E-state index in [4.69, 9.17) is 9.47 Å². The van der Waals surface area contributed by atoms with Gasteiger partial charge in [0.15, 0.2) is 11.5 Å². The normalized spacial score (nSPS) is 22.8. The molecule has 2 atom stereocenters. The van der Waals surface area contributed by atoms with Crippen LogP contribution in [-0.2, 0) is 9.59 Å². The van der Waals surface area contributed by atoms with Crippen LogP contribution in [0.5, 0.6) is 11.5 Å². The number of fused-ring (bicyclic) bond motifs is 3. The molecule has 0 radical (unpaired) electrons. The average Bonchev–Trinajstić information content (AvgIpc) is 3.14. The number of allylic oxidation sites excluding steroid dienone is 1. The van der Waals surface area contributed by atoms with Crippen LogP contribution in [0.3, 0.4) is 0 Å². The maximum Gasteiger partial charge on any atom is 0.231 e. The molecule has 0 aromatic heterocycles. The fourth-order valence-electron chi connectivity index (χ4n) is 5.17. The molecule has 2 aliphatic heterocycles. The molecule has 2 unspecified atom stereocenters. The Morgan fingerprint density at radius 3 is 2.70 bits per heavy atom. The number of rotatable bonds is 3. The molecule has 1 aliphatic carbocycles. The molecular formula is C27H30N2O4. The first kappa shape index (κ1) is 21.6. The summed E-state index contributed by atoms with van der Waals surface area (Å²) in [5, 5.41) is 3.53. The summed E-state index contributed by atoms with van der Waals surface area (Å²) < 4.78 is 11.2. The highest BCUT2D eigenvalue weighted by atomic mass is 16.7. The van der Waals surface area contributed by atoms with Gasteiger partial charge in [-0.15, -0.1) is 0 Å². The summed E-state index contributed by atoms with van der Waals surface area (Å²) in [7, 11) is 0. The molecular weight excluding hydrogens is 416 g/mol.